The Labute approximate surface area is 146 Å². The van der Waals surface area contributed by atoms with Crippen molar-refractivity contribution in [2.75, 3.05) is 13.2 Å². The van der Waals surface area contributed by atoms with E-state index in [1.54, 1.807) is 13.8 Å². The van der Waals surface area contributed by atoms with Gasteiger partial charge in [-0.2, -0.15) is 0 Å². The van der Waals surface area contributed by atoms with Gasteiger partial charge in [0, 0.05) is 11.9 Å². The number of rotatable bonds is 7. The molecule has 0 spiro atoms. The Bertz CT molecular complexity index is 296. The van der Waals surface area contributed by atoms with Crippen LogP contribution in [0.3, 0.4) is 0 Å². The van der Waals surface area contributed by atoms with Crippen molar-refractivity contribution in [3.8, 4) is 0 Å². The average molecular weight is 368 g/mol. The van der Waals surface area contributed by atoms with Gasteiger partial charge in [0.1, 0.15) is 0 Å². The zero-order chi connectivity index (χ0) is 18.8. The van der Waals surface area contributed by atoms with Crippen LogP contribution in [-0.2, 0) is 45.2 Å². The second kappa shape index (κ2) is 50.1. The first-order valence-corrected chi connectivity index (χ1v) is 5.52. The van der Waals surface area contributed by atoms with Crippen molar-refractivity contribution in [3.05, 3.63) is 50.6 Å². The van der Waals surface area contributed by atoms with Crippen molar-refractivity contribution in [3.63, 3.8) is 0 Å². The Morgan fingerprint density at radius 2 is 0.957 bits per heavy atom. The van der Waals surface area contributed by atoms with Gasteiger partial charge in [0.15, 0.2) is 0 Å². The monoisotopic (exact) mass is 368 g/mol. The first kappa shape index (κ1) is 37.4. The van der Waals surface area contributed by atoms with Crippen LogP contribution in [-0.4, -0.2) is 13.2 Å². The van der Waals surface area contributed by atoms with Crippen molar-refractivity contribution in [1.29, 1.82) is 0 Å². The van der Waals surface area contributed by atoms with Crippen LogP contribution in [0.25, 0.3) is 0 Å². The Morgan fingerprint density at radius 3 is 1.13 bits per heavy atom. The maximum atomic E-state index is 10.8. The van der Waals surface area contributed by atoms with Gasteiger partial charge in [0.05, 0.1) is 0 Å². The summed E-state index contributed by atoms with van der Waals surface area (Å²) in [6.45, 7) is 22.2. The molecule has 0 aliphatic rings. The number of hydrogen-bond acceptors (Lipinski definition) is 4. The zero-order valence-electron chi connectivity index (χ0n) is 12.6. The second-order valence-electron chi connectivity index (χ2n) is 2.49. The molecule has 0 aliphatic heterocycles. The predicted octanol–water partition coefficient (Wildman–Crippen LogP) is 0.0905. The molecule has 8 nitrogen and oxygen atoms in total. The van der Waals surface area contributed by atoms with Gasteiger partial charge in [0.25, 0.3) is 0 Å². The summed E-state index contributed by atoms with van der Waals surface area (Å²) in [5.41, 5.74) is 0. The smallest absolute Gasteiger partial charge is 2.00 e. The Kier molecular flexibility index (Phi) is 81.4. The molecule has 128 valence electrons. The topological polar surface area (TPSA) is 144 Å². The number of hydrogen-bond donors (Lipinski definition) is 0. The first-order chi connectivity index (χ1) is 10.7. The molecular formula is C14H16FeO8. The van der Waals surface area contributed by atoms with E-state index in [0.29, 0.717) is 26.1 Å². The third-order valence-corrected chi connectivity index (χ3v) is 1.36. The van der Waals surface area contributed by atoms with E-state index in [2.05, 4.69) is 36.1 Å². The number of ether oxygens (including phenoxy) is 2. The van der Waals surface area contributed by atoms with Crippen LogP contribution in [0, 0.1) is 26.6 Å². The normalized spacial score (nSPS) is 8.09. The summed E-state index contributed by atoms with van der Waals surface area (Å²) in [7, 11) is 0. The molecule has 0 N–H and O–H groups in total. The van der Waals surface area contributed by atoms with Crippen molar-refractivity contribution >= 4 is 0 Å². The molecule has 0 saturated carbocycles. The van der Waals surface area contributed by atoms with E-state index in [-0.39, 0.29) is 29.0 Å². The van der Waals surface area contributed by atoms with Gasteiger partial charge in [-0.1, -0.05) is 26.0 Å². The third-order valence-electron chi connectivity index (χ3n) is 1.36. The molecule has 0 unspecified atom stereocenters. The van der Waals surface area contributed by atoms with E-state index < -0.39 is 0 Å². The van der Waals surface area contributed by atoms with Gasteiger partial charge < -0.3 is 19.7 Å². The molecule has 0 aromatic carbocycles. The van der Waals surface area contributed by atoms with E-state index in [1.165, 1.54) is 12.2 Å². The van der Waals surface area contributed by atoms with Crippen LogP contribution in [0.2, 0.25) is 0 Å². The molecule has 0 fully saturated rings. The molecule has 0 saturated heterocycles. The van der Waals surface area contributed by atoms with Crippen LogP contribution < -0.4 is 10.2 Å². The fourth-order valence-electron chi connectivity index (χ4n) is 0.805. The molecule has 0 bridgehead atoms. The van der Waals surface area contributed by atoms with Gasteiger partial charge in [-0.05, 0) is 26.1 Å². The molecule has 0 amide bonds. The third kappa shape index (κ3) is 53.4. The van der Waals surface area contributed by atoms with E-state index in [1.807, 2.05) is 0 Å². The fraction of sp³-hybridized carbons (Fsp3) is 0.429. The average Bonchev–Trinajstić information content (AvgIpc) is 2.59. The summed E-state index contributed by atoms with van der Waals surface area (Å²) in [4.78, 5) is 0. The minimum Gasteiger partial charge on any atom is 2.00 e. The molecule has 0 heterocycles. The van der Waals surface area contributed by atoms with Gasteiger partial charge in [-0.15, -0.1) is 0 Å². The summed E-state index contributed by atoms with van der Waals surface area (Å²) in [5.74, 6) is -0.686. The minimum absolute atomic E-state index is 0. The molecule has 23 heavy (non-hydrogen) atoms. The summed E-state index contributed by atoms with van der Waals surface area (Å²) < 4.78 is 39.3. The largest absolute Gasteiger partial charge is 2.00 e. The van der Waals surface area contributed by atoms with Gasteiger partial charge in [-0.25, -0.2) is 0 Å². The second-order valence-corrected chi connectivity index (χ2v) is 2.49. The maximum Gasteiger partial charge on any atom is 2.00 e. The van der Waals surface area contributed by atoms with Crippen molar-refractivity contribution in [1.82, 2.24) is 0 Å². The quantitative estimate of drug-likeness (QED) is 0.206. The van der Waals surface area contributed by atoms with Crippen LogP contribution in [0.4, 0.5) is 0 Å². The van der Waals surface area contributed by atoms with E-state index in [9.17, 15) is 10.2 Å². The van der Waals surface area contributed by atoms with Gasteiger partial charge in [0.2, 0.25) is 0 Å². The van der Waals surface area contributed by atoms with E-state index in [4.69, 9.17) is 18.6 Å². The first-order valence-electron chi connectivity index (χ1n) is 5.52. The van der Waals surface area contributed by atoms with Crippen molar-refractivity contribution in [2.24, 2.45) is 0 Å². The van der Waals surface area contributed by atoms with Crippen LogP contribution in [0.1, 0.15) is 26.7 Å². The Hall–Kier alpha value is -1.84. The number of unbranched alkanes of at least 4 members (excludes halogenated alkanes) is 1. The SMILES string of the molecule is CCO/C([O-])=C\CC/C=C(/[O-])OCC.[C-]#[O+].[C-]#[O+].[C-]#[O+].[C-]#[O+].[Fe+2]. The molecule has 0 aromatic heterocycles. The molecule has 0 rings (SSSR count). The van der Waals surface area contributed by atoms with Crippen LogP contribution in [0.15, 0.2) is 24.0 Å². The molecule has 0 radical (unpaired) electrons. The maximum absolute atomic E-state index is 10.8. The zero-order valence-corrected chi connectivity index (χ0v) is 13.7. The van der Waals surface area contributed by atoms with Crippen LogP contribution in [0.5, 0.6) is 0 Å². The van der Waals surface area contributed by atoms with E-state index in [0.717, 1.165) is 0 Å². The standard InChI is InChI=1S/C10H18O4.4CO.Fe/c1-3-13-9(11)7-5-6-8-10(12)14-4-2;4*1-2;/h7-8,11-12H,3-6H2,1-2H3;;;;;/q;;;;;+2/p-2/b9-7-,10-8-;;;;;. The molecule has 0 atom stereocenters. The minimum atomic E-state index is -0.343. The summed E-state index contributed by atoms with van der Waals surface area (Å²) >= 11 is 0. The summed E-state index contributed by atoms with van der Waals surface area (Å²) in [5, 5.41) is 21.6. The van der Waals surface area contributed by atoms with E-state index >= 15 is 0 Å². The number of allylic oxidation sites excluding steroid dienone is 2. The molecule has 9 heteroatoms. The Balaban J connectivity index is -0.0000000695. The molecule has 0 aliphatic carbocycles. The van der Waals surface area contributed by atoms with Crippen molar-refractivity contribution in [2.45, 2.75) is 26.7 Å². The van der Waals surface area contributed by atoms with Crippen LogP contribution >= 0.6 is 0 Å². The molecule has 0 aromatic rings. The van der Waals surface area contributed by atoms with Crippen molar-refractivity contribution < 1.29 is 55.4 Å². The molecular weight excluding hydrogens is 352 g/mol. The predicted molar refractivity (Wildman–Crippen MR) is 64.4 cm³/mol. The Morgan fingerprint density at radius 1 is 0.739 bits per heavy atom. The van der Waals surface area contributed by atoms with Gasteiger partial charge in [-0.3, -0.25) is 0 Å². The summed E-state index contributed by atoms with van der Waals surface area (Å²) in [6.07, 6.45) is 3.83. The summed E-state index contributed by atoms with van der Waals surface area (Å²) in [6, 6.07) is 0. The van der Waals surface area contributed by atoms with Gasteiger partial charge >= 0.3 is 62.3 Å². The fourth-order valence-corrected chi connectivity index (χ4v) is 0.805.